The minimum absolute atomic E-state index is 0.125. The second-order valence-corrected chi connectivity index (χ2v) is 7.91. The molecular formula is C20H27F2N3O. The fraction of sp³-hybridized carbons (Fsp3) is 0.650. The standard InChI is InChI=1S/C20H27F2N3O/c21-20(22)8-11-25(14-20)19(26)23-13-15-4-5-16-6-9-24(18-2-1-3-18)10-7-17(16)12-15/h4-5,12,18H,1-3,6-11,13-14H2,(H,23,26). The summed E-state index contributed by atoms with van der Waals surface area (Å²) in [5.74, 6) is -2.74. The van der Waals surface area contributed by atoms with Crippen molar-refractivity contribution in [2.75, 3.05) is 26.2 Å². The third kappa shape index (κ3) is 3.85. The van der Waals surface area contributed by atoms with Crippen LogP contribution in [0.4, 0.5) is 13.6 Å². The molecule has 2 amide bonds. The number of nitrogens with one attached hydrogen (secondary N) is 1. The van der Waals surface area contributed by atoms with Gasteiger partial charge in [0, 0.05) is 38.6 Å². The number of urea groups is 1. The predicted octanol–water partition coefficient (Wildman–Crippen LogP) is 3.19. The number of benzene rings is 1. The van der Waals surface area contributed by atoms with E-state index < -0.39 is 18.5 Å². The lowest BCUT2D eigenvalue weighted by Gasteiger charge is -2.36. The van der Waals surface area contributed by atoms with E-state index in [1.54, 1.807) is 0 Å². The van der Waals surface area contributed by atoms with Gasteiger partial charge >= 0.3 is 6.03 Å². The van der Waals surface area contributed by atoms with Crippen LogP contribution >= 0.6 is 0 Å². The molecule has 1 aromatic carbocycles. The van der Waals surface area contributed by atoms with E-state index in [4.69, 9.17) is 0 Å². The Balaban J connectivity index is 1.33. The maximum atomic E-state index is 13.2. The van der Waals surface area contributed by atoms with Crippen LogP contribution in [0.5, 0.6) is 0 Å². The Kier molecular flexibility index (Phi) is 4.86. The number of halogens is 2. The summed E-state index contributed by atoms with van der Waals surface area (Å²) < 4.78 is 26.5. The molecule has 1 aromatic rings. The van der Waals surface area contributed by atoms with Gasteiger partial charge in [0.05, 0.1) is 6.54 Å². The zero-order valence-corrected chi connectivity index (χ0v) is 15.1. The van der Waals surface area contributed by atoms with E-state index in [2.05, 4.69) is 28.4 Å². The first-order valence-electron chi connectivity index (χ1n) is 9.75. The number of carbonyl (C=O) groups is 1. The summed E-state index contributed by atoms with van der Waals surface area (Å²) in [7, 11) is 0. The predicted molar refractivity (Wildman–Crippen MR) is 96.4 cm³/mol. The average Bonchev–Trinajstić information content (AvgIpc) is 2.81. The first kappa shape index (κ1) is 17.7. The Bertz CT molecular complexity index is 675. The number of nitrogens with zero attached hydrogens (tertiary/aromatic N) is 2. The zero-order valence-electron chi connectivity index (χ0n) is 15.1. The van der Waals surface area contributed by atoms with Gasteiger partial charge in [-0.1, -0.05) is 24.6 Å². The molecule has 3 aliphatic rings. The third-order valence-corrected chi connectivity index (χ3v) is 6.10. The smallest absolute Gasteiger partial charge is 0.317 e. The minimum Gasteiger partial charge on any atom is -0.334 e. The van der Waals surface area contributed by atoms with E-state index in [1.807, 2.05) is 0 Å². The quantitative estimate of drug-likeness (QED) is 0.895. The van der Waals surface area contributed by atoms with Gasteiger partial charge in [-0.25, -0.2) is 13.6 Å². The van der Waals surface area contributed by atoms with Crippen molar-refractivity contribution in [3.8, 4) is 0 Å². The molecule has 2 fully saturated rings. The van der Waals surface area contributed by atoms with Gasteiger partial charge in [0.15, 0.2) is 0 Å². The van der Waals surface area contributed by atoms with Gasteiger partial charge in [0.2, 0.25) is 0 Å². The fourth-order valence-corrected chi connectivity index (χ4v) is 4.22. The molecule has 26 heavy (non-hydrogen) atoms. The second-order valence-electron chi connectivity index (χ2n) is 7.91. The van der Waals surface area contributed by atoms with Crippen molar-refractivity contribution in [2.24, 2.45) is 0 Å². The van der Waals surface area contributed by atoms with Crippen molar-refractivity contribution in [3.63, 3.8) is 0 Å². The molecule has 0 bridgehead atoms. The van der Waals surface area contributed by atoms with Crippen molar-refractivity contribution >= 4 is 6.03 Å². The number of hydrogen-bond donors (Lipinski definition) is 1. The summed E-state index contributed by atoms with van der Waals surface area (Å²) in [4.78, 5) is 15.9. The third-order valence-electron chi connectivity index (χ3n) is 6.10. The molecule has 2 aliphatic heterocycles. The number of alkyl halides is 2. The summed E-state index contributed by atoms with van der Waals surface area (Å²) >= 11 is 0. The summed E-state index contributed by atoms with van der Waals surface area (Å²) in [6, 6.07) is 6.79. The number of hydrogen-bond acceptors (Lipinski definition) is 2. The largest absolute Gasteiger partial charge is 0.334 e. The van der Waals surface area contributed by atoms with Crippen molar-refractivity contribution in [2.45, 2.75) is 57.0 Å². The molecule has 0 unspecified atom stereocenters. The highest BCUT2D eigenvalue weighted by atomic mass is 19.3. The minimum atomic E-state index is -2.74. The van der Waals surface area contributed by atoms with Crippen LogP contribution in [-0.4, -0.2) is 54.0 Å². The van der Waals surface area contributed by atoms with Crippen LogP contribution in [0.1, 0.15) is 42.4 Å². The molecule has 0 atom stereocenters. The second kappa shape index (κ2) is 7.14. The number of fused-ring (bicyclic) bond motifs is 1. The van der Waals surface area contributed by atoms with E-state index in [0.29, 0.717) is 6.54 Å². The molecule has 4 nitrogen and oxygen atoms in total. The Morgan fingerprint density at radius 1 is 1.15 bits per heavy atom. The van der Waals surface area contributed by atoms with Crippen LogP contribution in [0.25, 0.3) is 0 Å². The van der Waals surface area contributed by atoms with Gasteiger partial charge in [-0.3, -0.25) is 4.90 Å². The normalized spacial score (nSPS) is 23.2. The average molecular weight is 363 g/mol. The lowest BCUT2D eigenvalue weighted by molar-refractivity contribution is 0.0153. The highest BCUT2D eigenvalue weighted by Gasteiger charge is 2.40. The molecule has 1 saturated heterocycles. The Labute approximate surface area is 153 Å². The van der Waals surface area contributed by atoms with Crippen LogP contribution in [-0.2, 0) is 19.4 Å². The molecule has 0 spiro atoms. The maximum absolute atomic E-state index is 13.2. The van der Waals surface area contributed by atoms with Crippen molar-refractivity contribution in [1.29, 1.82) is 0 Å². The van der Waals surface area contributed by atoms with Gasteiger partial charge in [-0.2, -0.15) is 0 Å². The van der Waals surface area contributed by atoms with E-state index in [0.717, 1.165) is 37.5 Å². The van der Waals surface area contributed by atoms with Crippen molar-refractivity contribution in [1.82, 2.24) is 15.1 Å². The molecule has 0 aromatic heterocycles. The monoisotopic (exact) mass is 363 g/mol. The molecule has 1 saturated carbocycles. The molecule has 0 radical (unpaired) electrons. The van der Waals surface area contributed by atoms with E-state index in [-0.39, 0.29) is 13.0 Å². The van der Waals surface area contributed by atoms with Gasteiger partial charge in [0.25, 0.3) is 5.92 Å². The fourth-order valence-electron chi connectivity index (χ4n) is 4.22. The summed E-state index contributed by atoms with van der Waals surface area (Å²) in [5.41, 5.74) is 3.81. The van der Waals surface area contributed by atoms with Crippen LogP contribution in [0.2, 0.25) is 0 Å². The summed E-state index contributed by atoms with van der Waals surface area (Å²) in [6.45, 7) is 2.29. The van der Waals surface area contributed by atoms with Crippen LogP contribution in [0.3, 0.4) is 0 Å². The van der Waals surface area contributed by atoms with Gasteiger partial charge in [-0.05, 0) is 42.4 Å². The van der Waals surface area contributed by atoms with E-state index in [1.165, 1.54) is 35.3 Å². The lowest BCUT2D eigenvalue weighted by atomic mass is 9.91. The van der Waals surface area contributed by atoms with Crippen LogP contribution < -0.4 is 5.32 Å². The highest BCUT2D eigenvalue weighted by molar-refractivity contribution is 5.74. The SMILES string of the molecule is O=C(NCc1ccc2c(c1)CCN(C1CCC1)CC2)N1CCC(F)(F)C1. The first-order valence-corrected chi connectivity index (χ1v) is 9.75. The number of rotatable bonds is 3. The molecule has 4 rings (SSSR count). The Hall–Kier alpha value is -1.69. The van der Waals surface area contributed by atoms with Gasteiger partial charge in [0.1, 0.15) is 0 Å². The number of amides is 2. The van der Waals surface area contributed by atoms with E-state index >= 15 is 0 Å². The molecule has 2 heterocycles. The molecule has 1 aliphatic carbocycles. The molecule has 6 heteroatoms. The topological polar surface area (TPSA) is 35.6 Å². The zero-order chi connectivity index (χ0) is 18.1. The molecule has 1 N–H and O–H groups in total. The Morgan fingerprint density at radius 2 is 1.92 bits per heavy atom. The first-order chi connectivity index (χ1) is 12.5. The van der Waals surface area contributed by atoms with E-state index in [9.17, 15) is 13.6 Å². The Morgan fingerprint density at radius 3 is 2.58 bits per heavy atom. The van der Waals surface area contributed by atoms with Crippen LogP contribution in [0.15, 0.2) is 18.2 Å². The lowest BCUT2D eigenvalue weighted by Crippen LogP contribution is -2.41. The van der Waals surface area contributed by atoms with Crippen molar-refractivity contribution in [3.05, 3.63) is 34.9 Å². The highest BCUT2D eigenvalue weighted by Crippen LogP contribution is 2.28. The van der Waals surface area contributed by atoms with Gasteiger partial charge in [-0.15, -0.1) is 0 Å². The number of likely N-dealkylation sites (tertiary alicyclic amines) is 1. The molecular weight excluding hydrogens is 336 g/mol. The summed E-state index contributed by atoms with van der Waals surface area (Å²) in [5, 5.41) is 2.79. The summed E-state index contributed by atoms with van der Waals surface area (Å²) in [6.07, 6.45) is 5.93. The number of carbonyl (C=O) groups excluding carboxylic acids is 1. The van der Waals surface area contributed by atoms with Gasteiger partial charge < -0.3 is 10.2 Å². The molecule has 142 valence electrons. The maximum Gasteiger partial charge on any atom is 0.317 e. The van der Waals surface area contributed by atoms with Crippen molar-refractivity contribution < 1.29 is 13.6 Å². The van der Waals surface area contributed by atoms with Crippen LogP contribution in [0, 0.1) is 0 Å².